The van der Waals surface area contributed by atoms with Gasteiger partial charge in [-0.2, -0.15) is 0 Å². The summed E-state index contributed by atoms with van der Waals surface area (Å²) >= 11 is 0. The highest BCUT2D eigenvalue weighted by molar-refractivity contribution is 6.74. The van der Waals surface area contributed by atoms with E-state index in [9.17, 15) is 0 Å². The van der Waals surface area contributed by atoms with Crippen LogP contribution in [-0.4, -0.2) is 96.7 Å². The average molecular weight is 869 g/mol. The summed E-state index contributed by atoms with van der Waals surface area (Å²) in [7, 11) is -0.861. The quantitative estimate of drug-likeness (QED) is 0.0667. The Bertz CT molecular complexity index is 1920. The molecule has 62 heavy (non-hydrogen) atoms. The summed E-state index contributed by atoms with van der Waals surface area (Å²) in [6.45, 7) is 16.6. The van der Waals surface area contributed by atoms with Crippen LogP contribution in [-0.2, 0) is 71.6 Å². The highest BCUT2D eigenvalue weighted by Crippen LogP contribution is 2.44. The van der Waals surface area contributed by atoms with Crippen LogP contribution in [0.3, 0.4) is 0 Å². The fraction of sp³-hybridized carbons (Fsp3) is 0.480. The molecule has 334 valence electrons. The third kappa shape index (κ3) is 11.7. The van der Waals surface area contributed by atoms with Gasteiger partial charge < -0.3 is 51.8 Å². The maximum absolute atomic E-state index is 7.35. The molecule has 12 heteroatoms. The van der Waals surface area contributed by atoms with Gasteiger partial charge in [-0.1, -0.05) is 148 Å². The summed E-state index contributed by atoms with van der Waals surface area (Å²) in [5.41, 5.74) is 3.92. The third-order valence-electron chi connectivity index (χ3n) is 12.1. The molecule has 0 aromatic heterocycles. The zero-order valence-corrected chi connectivity index (χ0v) is 37.9. The zero-order chi connectivity index (χ0) is 43.5. The van der Waals surface area contributed by atoms with Gasteiger partial charge >= 0.3 is 0 Å². The Morgan fingerprint density at radius 2 is 1.19 bits per heavy atom. The van der Waals surface area contributed by atoms with Gasteiger partial charge in [-0.05, 0) is 34.8 Å². The van der Waals surface area contributed by atoms with E-state index in [0.717, 1.165) is 22.3 Å². The maximum atomic E-state index is 7.35. The first kappa shape index (κ1) is 46.4. The molecule has 0 saturated carbocycles. The van der Waals surface area contributed by atoms with Crippen LogP contribution in [0, 0.1) is 0 Å². The summed E-state index contributed by atoms with van der Waals surface area (Å²) < 4.78 is 74.4. The van der Waals surface area contributed by atoms with Crippen molar-refractivity contribution >= 4 is 8.32 Å². The van der Waals surface area contributed by atoms with Crippen LogP contribution in [0.4, 0.5) is 0 Å². The molecule has 7 rings (SSSR count). The summed E-state index contributed by atoms with van der Waals surface area (Å²) in [5.74, 6) is 0. The minimum Gasteiger partial charge on any atom is -0.408 e. The molecule has 3 saturated heterocycles. The second-order valence-corrected chi connectivity index (χ2v) is 22.3. The molecular weight excluding hydrogens is 805 g/mol. The van der Waals surface area contributed by atoms with Crippen molar-refractivity contribution < 1.29 is 51.8 Å². The van der Waals surface area contributed by atoms with Crippen LogP contribution in [0.15, 0.2) is 134 Å². The van der Waals surface area contributed by atoms with E-state index < -0.39 is 76.0 Å². The molecule has 3 heterocycles. The number of hydrogen-bond acceptors (Lipinski definition) is 11. The van der Waals surface area contributed by atoms with Gasteiger partial charge in [0, 0.05) is 12.7 Å². The number of ether oxygens (including phenoxy) is 10. The van der Waals surface area contributed by atoms with Crippen LogP contribution in [0.25, 0.3) is 0 Å². The molecule has 4 aromatic carbocycles. The lowest BCUT2D eigenvalue weighted by atomic mass is 9.95. The van der Waals surface area contributed by atoms with Gasteiger partial charge in [-0.25, -0.2) is 0 Å². The van der Waals surface area contributed by atoms with E-state index in [4.69, 9.17) is 51.8 Å². The number of methoxy groups -OCH3 is 1. The van der Waals surface area contributed by atoms with E-state index >= 15 is 0 Å². The molecule has 3 aliphatic rings. The van der Waals surface area contributed by atoms with Gasteiger partial charge in [0.25, 0.3) is 0 Å². The van der Waals surface area contributed by atoms with Crippen LogP contribution >= 0.6 is 0 Å². The monoisotopic (exact) mass is 868 g/mol. The van der Waals surface area contributed by atoms with Crippen LogP contribution < -0.4 is 0 Å². The average Bonchev–Trinajstić information content (AvgIpc) is 3.28. The fourth-order valence-electron chi connectivity index (χ4n) is 7.73. The predicted octanol–water partition coefficient (Wildman–Crippen LogP) is 8.93. The van der Waals surface area contributed by atoms with E-state index in [2.05, 4.69) is 40.4 Å². The molecule has 4 aromatic rings. The van der Waals surface area contributed by atoms with Crippen molar-refractivity contribution in [3.8, 4) is 0 Å². The highest BCUT2D eigenvalue weighted by atomic mass is 28.4. The minimum absolute atomic E-state index is 0.128. The Kier molecular flexibility index (Phi) is 16.4. The Morgan fingerprint density at radius 3 is 1.76 bits per heavy atom. The molecule has 0 radical (unpaired) electrons. The van der Waals surface area contributed by atoms with Gasteiger partial charge in [0.05, 0.1) is 39.6 Å². The van der Waals surface area contributed by atoms with E-state index in [-0.39, 0.29) is 38.1 Å². The van der Waals surface area contributed by atoms with Gasteiger partial charge in [0.2, 0.25) is 0 Å². The molecule has 0 aliphatic carbocycles. The summed E-state index contributed by atoms with van der Waals surface area (Å²) in [6.07, 6.45) is -6.14. The van der Waals surface area contributed by atoms with E-state index in [1.54, 1.807) is 13.2 Å². The first-order valence-electron chi connectivity index (χ1n) is 21.7. The molecule has 1 unspecified atom stereocenters. The summed E-state index contributed by atoms with van der Waals surface area (Å²) in [5, 5.41) is -0.128. The van der Waals surface area contributed by atoms with Crippen molar-refractivity contribution in [2.45, 2.75) is 126 Å². The SMILES string of the molecule is C=CCO[C@@H]1[C@H](O[C@H]2[C@H](OCc3ccccc3)[C@@H](OCc3ccccc3)[C@@H](OC)O[C@@H]2COCc2ccccc2)O[C@@H]2COC(c3ccccc3)O[C@H]2[C@@H]1O[Si](C)(C)C(C)(C)C. The lowest BCUT2D eigenvalue weighted by molar-refractivity contribution is -0.390. The normalized spacial score (nSPS) is 29.2. The third-order valence-corrected chi connectivity index (χ3v) is 16.6. The van der Waals surface area contributed by atoms with Gasteiger partial charge in [0.1, 0.15) is 48.8 Å². The lowest BCUT2D eigenvalue weighted by Gasteiger charge is -2.53. The van der Waals surface area contributed by atoms with Crippen molar-refractivity contribution in [1.29, 1.82) is 0 Å². The van der Waals surface area contributed by atoms with E-state index in [1.165, 1.54) is 0 Å². The molecule has 3 aliphatic heterocycles. The molecule has 0 spiro atoms. The predicted molar refractivity (Wildman–Crippen MR) is 237 cm³/mol. The van der Waals surface area contributed by atoms with Crippen molar-refractivity contribution in [2.24, 2.45) is 0 Å². The summed E-state index contributed by atoms with van der Waals surface area (Å²) in [4.78, 5) is 0. The van der Waals surface area contributed by atoms with Crippen LogP contribution in [0.5, 0.6) is 0 Å². The first-order chi connectivity index (χ1) is 30.0. The topological polar surface area (TPSA) is 102 Å². The molecule has 3 fully saturated rings. The first-order valence-corrected chi connectivity index (χ1v) is 24.6. The number of benzene rings is 4. The molecular formula is C50H64O11Si. The zero-order valence-electron chi connectivity index (χ0n) is 36.9. The highest BCUT2D eigenvalue weighted by Gasteiger charge is 2.57. The van der Waals surface area contributed by atoms with E-state index in [1.807, 2.05) is 121 Å². The summed E-state index contributed by atoms with van der Waals surface area (Å²) in [6, 6.07) is 40.0. The molecule has 11 nitrogen and oxygen atoms in total. The molecule has 0 amide bonds. The fourth-order valence-corrected chi connectivity index (χ4v) is 9.03. The largest absolute Gasteiger partial charge is 0.408 e. The minimum atomic E-state index is -2.47. The number of fused-ring (bicyclic) bond motifs is 1. The van der Waals surface area contributed by atoms with Crippen molar-refractivity contribution in [1.82, 2.24) is 0 Å². The maximum Gasteiger partial charge on any atom is 0.192 e. The number of rotatable bonds is 19. The van der Waals surface area contributed by atoms with Gasteiger partial charge in [-0.15, -0.1) is 6.58 Å². The van der Waals surface area contributed by atoms with Crippen molar-refractivity contribution in [3.05, 3.63) is 156 Å². The molecule has 0 N–H and O–H groups in total. The van der Waals surface area contributed by atoms with Gasteiger partial charge in [0.15, 0.2) is 27.2 Å². The standard InChI is InChI=1S/C50H64O11Si/c1-8-29-53-46-44(61-62(6,7)50(2,3)4)42-40(34-56-47(59-42)38-27-19-12-20-28-38)58-49(46)60-41-39(33-52-30-35-21-13-9-14-22-35)57-48(51-5)45(55-32-37-25-17-11-18-26-37)43(41)54-31-36-23-15-10-16-24-36/h8-28,39-49H,1,29-34H2,2-7H3/t39-,40-,41-,42-,43+,44+,45-,46+,47?,48+,49+/m1/s1. The van der Waals surface area contributed by atoms with Crippen molar-refractivity contribution in [3.63, 3.8) is 0 Å². The lowest BCUT2D eigenvalue weighted by Crippen LogP contribution is -2.68. The molecule has 11 atom stereocenters. The van der Waals surface area contributed by atoms with Crippen LogP contribution in [0.2, 0.25) is 18.1 Å². The second-order valence-electron chi connectivity index (χ2n) is 17.6. The smallest absolute Gasteiger partial charge is 0.192 e. The Labute approximate surface area is 368 Å². The Morgan fingerprint density at radius 1 is 0.645 bits per heavy atom. The van der Waals surface area contributed by atoms with Gasteiger partial charge in [-0.3, -0.25) is 0 Å². The van der Waals surface area contributed by atoms with Crippen LogP contribution in [0.1, 0.15) is 49.3 Å². The number of hydrogen-bond donors (Lipinski definition) is 0. The Balaban J connectivity index is 1.26. The molecule has 0 bridgehead atoms. The second kappa shape index (κ2) is 21.9. The van der Waals surface area contributed by atoms with E-state index in [0.29, 0.717) is 6.61 Å². The Hall–Kier alpha value is -3.60. The van der Waals surface area contributed by atoms with Crippen molar-refractivity contribution in [2.75, 3.05) is 26.9 Å².